The molecule has 5 nitrogen and oxygen atoms in total. The van der Waals surface area contributed by atoms with E-state index < -0.39 is 0 Å². The standard InChI is InChI=1S/C14H11N3O2/c15-6-11(10-3-4-16-7-10)9-1-2-13-12(5-9)17-14(18)8-19-13/h1-5,7,11,16H,8H2,(H,17,18). The van der Waals surface area contributed by atoms with Crippen LogP contribution in [0, 0.1) is 11.3 Å². The van der Waals surface area contributed by atoms with E-state index in [2.05, 4.69) is 16.4 Å². The van der Waals surface area contributed by atoms with Gasteiger partial charge in [0.1, 0.15) is 5.75 Å². The van der Waals surface area contributed by atoms with Gasteiger partial charge in [-0.05, 0) is 29.3 Å². The van der Waals surface area contributed by atoms with Crippen LogP contribution >= 0.6 is 0 Å². The zero-order valence-corrected chi connectivity index (χ0v) is 10.0. The number of hydrogen-bond donors (Lipinski definition) is 2. The van der Waals surface area contributed by atoms with Crippen LogP contribution in [0.5, 0.6) is 5.75 Å². The van der Waals surface area contributed by atoms with E-state index in [9.17, 15) is 10.1 Å². The first-order valence-corrected chi connectivity index (χ1v) is 5.87. The quantitative estimate of drug-likeness (QED) is 0.859. The van der Waals surface area contributed by atoms with Crippen molar-refractivity contribution in [2.24, 2.45) is 0 Å². The van der Waals surface area contributed by atoms with Gasteiger partial charge in [0.25, 0.3) is 5.91 Å². The molecule has 0 bridgehead atoms. The average Bonchev–Trinajstić information content (AvgIpc) is 2.93. The zero-order chi connectivity index (χ0) is 13.2. The first kappa shape index (κ1) is 11.4. The molecule has 0 saturated heterocycles. The van der Waals surface area contributed by atoms with Crippen molar-refractivity contribution < 1.29 is 9.53 Å². The van der Waals surface area contributed by atoms with Crippen LogP contribution in [0.3, 0.4) is 0 Å². The van der Waals surface area contributed by atoms with Gasteiger partial charge in [-0.3, -0.25) is 4.79 Å². The Morgan fingerprint density at radius 2 is 2.21 bits per heavy atom. The van der Waals surface area contributed by atoms with Crippen molar-refractivity contribution in [1.82, 2.24) is 4.98 Å². The van der Waals surface area contributed by atoms with Gasteiger partial charge in [-0.2, -0.15) is 5.26 Å². The summed E-state index contributed by atoms with van der Waals surface area (Å²) in [7, 11) is 0. The molecule has 94 valence electrons. The summed E-state index contributed by atoms with van der Waals surface area (Å²) in [4.78, 5) is 14.2. The van der Waals surface area contributed by atoms with Gasteiger partial charge in [0.2, 0.25) is 0 Å². The van der Waals surface area contributed by atoms with E-state index in [0.717, 1.165) is 11.1 Å². The third-order valence-electron chi connectivity index (χ3n) is 3.05. The number of anilines is 1. The second-order valence-corrected chi connectivity index (χ2v) is 4.30. The number of aromatic amines is 1. The fourth-order valence-corrected chi connectivity index (χ4v) is 2.14. The second-order valence-electron chi connectivity index (χ2n) is 4.30. The summed E-state index contributed by atoms with van der Waals surface area (Å²) in [6, 6.07) is 9.54. The molecule has 0 fully saturated rings. The average molecular weight is 253 g/mol. The number of H-pyrrole nitrogens is 1. The van der Waals surface area contributed by atoms with E-state index in [1.165, 1.54) is 0 Å². The lowest BCUT2D eigenvalue weighted by atomic mass is 9.94. The predicted molar refractivity (Wildman–Crippen MR) is 68.8 cm³/mol. The number of nitriles is 1. The van der Waals surface area contributed by atoms with Crippen LogP contribution < -0.4 is 10.1 Å². The molecule has 0 saturated carbocycles. The molecule has 0 spiro atoms. The molecule has 0 radical (unpaired) electrons. The molecule has 1 unspecified atom stereocenters. The lowest BCUT2D eigenvalue weighted by molar-refractivity contribution is -0.118. The highest BCUT2D eigenvalue weighted by Crippen LogP contribution is 2.33. The Bertz CT molecular complexity index is 656. The Kier molecular flexibility index (Phi) is 2.69. The van der Waals surface area contributed by atoms with E-state index in [0.29, 0.717) is 11.4 Å². The molecule has 2 heterocycles. The number of nitrogens with one attached hydrogen (secondary N) is 2. The van der Waals surface area contributed by atoms with Gasteiger partial charge >= 0.3 is 0 Å². The SMILES string of the molecule is N#CC(c1cc[nH]c1)c1ccc2c(c1)NC(=O)CO2. The third-order valence-corrected chi connectivity index (χ3v) is 3.05. The zero-order valence-electron chi connectivity index (χ0n) is 10.0. The van der Waals surface area contributed by atoms with Crippen molar-refractivity contribution in [1.29, 1.82) is 5.26 Å². The van der Waals surface area contributed by atoms with Crippen molar-refractivity contribution in [2.75, 3.05) is 11.9 Å². The fourth-order valence-electron chi connectivity index (χ4n) is 2.14. The fraction of sp³-hybridized carbons (Fsp3) is 0.143. The van der Waals surface area contributed by atoms with E-state index in [-0.39, 0.29) is 18.4 Å². The molecule has 19 heavy (non-hydrogen) atoms. The number of amides is 1. The molecule has 1 aliphatic heterocycles. The highest BCUT2D eigenvalue weighted by molar-refractivity contribution is 5.95. The van der Waals surface area contributed by atoms with Crippen molar-refractivity contribution >= 4 is 11.6 Å². The molecule has 0 aliphatic carbocycles. The molecule has 1 aromatic heterocycles. The van der Waals surface area contributed by atoms with E-state index in [4.69, 9.17) is 4.74 Å². The van der Waals surface area contributed by atoms with Crippen LogP contribution in [0.15, 0.2) is 36.7 Å². The summed E-state index contributed by atoms with van der Waals surface area (Å²) >= 11 is 0. The van der Waals surface area contributed by atoms with Gasteiger partial charge in [-0.15, -0.1) is 0 Å². The lowest BCUT2D eigenvalue weighted by Crippen LogP contribution is -2.25. The van der Waals surface area contributed by atoms with Gasteiger partial charge in [0.15, 0.2) is 6.61 Å². The van der Waals surface area contributed by atoms with Gasteiger partial charge in [-0.25, -0.2) is 0 Å². The summed E-state index contributed by atoms with van der Waals surface area (Å²) in [6.07, 6.45) is 3.57. The topological polar surface area (TPSA) is 77.9 Å². The summed E-state index contributed by atoms with van der Waals surface area (Å²) in [5, 5.41) is 12.1. The minimum Gasteiger partial charge on any atom is -0.482 e. The summed E-state index contributed by atoms with van der Waals surface area (Å²) in [5.74, 6) is 0.0873. The number of rotatable bonds is 2. The minimum absolute atomic E-state index is 0.0336. The summed E-state index contributed by atoms with van der Waals surface area (Å²) < 4.78 is 5.29. The van der Waals surface area contributed by atoms with Gasteiger partial charge in [-0.1, -0.05) is 6.07 Å². The predicted octanol–water partition coefficient (Wildman–Crippen LogP) is 2.00. The van der Waals surface area contributed by atoms with E-state index >= 15 is 0 Å². The van der Waals surface area contributed by atoms with E-state index in [1.54, 1.807) is 24.5 Å². The highest BCUT2D eigenvalue weighted by atomic mass is 16.5. The Morgan fingerprint density at radius 3 is 2.95 bits per heavy atom. The number of ether oxygens (including phenoxy) is 1. The number of benzene rings is 1. The number of hydrogen-bond acceptors (Lipinski definition) is 3. The van der Waals surface area contributed by atoms with Crippen LogP contribution in [0.25, 0.3) is 0 Å². The number of carbonyl (C=O) groups is 1. The number of fused-ring (bicyclic) bond motifs is 1. The number of carbonyl (C=O) groups excluding carboxylic acids is 1. The molecule has 5 heteroatoms. The van der Waals surface area contributed by atoms with Crippen molar-refractivity contribution in [2.45, 2.75) is 5.92 Å². The maximum absolute atomic E-state index is 11.3. The molecule has 2 aromatic rings. The third kappa shape index (κ3) is 2.04. The normalized spacial score (nSPS) is 14.8. The van der Waals surface area contributed by atoms with Crippen molar-refractivity contribution in [3.8, 4) is 11.8 Å². The van der Waals surface area contributed by atoms with Crippen LogP contribution in [-0.2, 0) is 4.79 Å². The summed E-state index contributed by atoms with van der Waals surface area (Å²) in [5.41, 5.74) is 2.33. The maximum atomic E-state index is 11.3. The molecular formula is C14H11N3O2. The van der Waals surface area contributed by atoms with Crippen LogP contribution in [0.2, 0.25) is 0 Å². The highest BCUT2D eigenvalue weighted by Gasteiger charge is 2.20. The lowest BCUT2D eigenvalue weighted by Gasteiger charge is -2.19. The minimum atomic E-state index is -0.365. The van der Waals surface area contributed by atoms with Gasteiger partial charge < -0.3 is 15.0 Å². The van der Waals surface area contributed by atoms with Crippen LogP contribution in [0.1, 0.15) is 17.0 Å². The first-order chi connectivity index (χ1) is 9.28. The van der Waals surface area contributed by atoms with Gasteiger partial charge in [0.05, 0.1) is 17.7 Å². The molecule has 1 aromatic carbocycles. The van der Waals surface area contributed by atoms with E-state index in [1.807, 2.05) is 12.1 Å². The van der Waals surface area contributed by atoms with Crippen LogP contribution in [0.4, 0.5) is 5.69 Å². The molecule has 3 rings (SSSR count). The molecule has 1 aliphatic rings. The van der Waals surface area contributed by atoms with Gasteiger partial charge in [0, 0.05) is 12.4 Å². The Morgan fingerprint density at radius 1 is 1.32 bits per heavy atom. The molecular weight excluding hydrogens is 242 g/mol. The molecule has 1 amide bonds. The largest absolute Gasteiger partial charge is 0.482 e. The van der Waals surface area contributed by atoms with Crippen molar-refractivity contribution in [3.63, 3.8) is 0 Å². The molecule has 1 atom stereocenters. The summed E-state index contributed by atoms with van der Waals surface area (Å²) in [6.45, 7) is 0.0336. The number of nitrogens with zero attached hydrogens (tertiary/aromatic N) is 1. The number of aromatic nitrogens is 1. The first-order valence-electron chi connectivity index (χ1n) is 5.87. The Labute approximate surface area is 109 Å². The smallest absolute Gasteiger partial charge is 0.262 e. The monoisotopic (exact) mass is 253 g/mol. The van der Waals surface area contributed by atoms with Crippen LogP contribution in [-0.4, -0.2) is 17.5 Å². The second kappa shape index (κ2) is 4.50. The maximum Gasteiger partial charge on any atom is 0.262 e. The Hall–Kier alpha value is -2.74. The van der Waals surface area contributed by atoms with Crippen molar-refractivity contribution in [3.05, 3.63) is 47.8 Å². The Balaban J connectivity index is 2.00. The molecule has 2 N–H and O–H groups in total.